The molecule has 2 aromatic carbocycles. The molecule has 0 N–H and O–H groups in total. The van der Waals surface area contributed by atoms with E-state index in [1.807, 2.05) is 11.8 Å². The Bertz CT molecular complexity index is 1150. The van der Waals surface area contributed by atoms with E-state index in [1.54, 1.807) is 24.3 Å². The molecular weight excluding hydrogens is 439 g/mol. The number of rotatable bonds is 5. The monoisotopic (exact) mass is 462 g/mol. The lowest BCUT2D eigenvalue weighted by Crippen LogP contribution is -2.36. The van der Waals surface area contributed by atoms with Crippen LogP contribution >= 0.6 is 0 Å². The van der Waals surface area contributed by atoms with Gasteiger partial charge >= 0.3 is 6.09 Å². The van der Waals surface area contributed by atoms with Crippen LogP contribution in [-0.4, -0.2) is 59.1 Å². The molecule has 1 amide bonds. The van der Waals surface area contributed by atoms with Gasteiger partial charge < -0.3 is 14.4 Å². The third-order valence-corrected chi connectivity index (χ3v) is 7.38. The van der Waals surface area contributed by atoms with Gasteiger partial charge in [0.25, 0.3) is 10.1 Å². The third kappa shape index (κ3) is 3.82. The van der Waals surface area contributed by atoms with Crippen LogP contribution in [0.3, 0.4) is 0 Å². The second kappa shape index (κ2) is 7.72. The van der Waals surface area contributed by atoms with E-state index < -0.39 is 33.7 Å². The Labute approximate surface area is 185 Å². The zero-order valence-electron chi connectivity index (χ0n) is 17.5. The fourth-order valence-corrected chi connectivity index (χ4v) is 5.21. The first kappa shape index (κ1) is 21.2. The summed E-state index contributed by atoms with van der Waals surface area (Å²) in [6.45, 7) is 4.22. The number of amides is 1. The van der Waals surface area contributed by atoms with Gasteiger partial charge in [-0.15, -0.1) is 0 Å². The van der Waals surface area contributed by atoms with Gasteiger partial charge in [-0.1, -0.05) is 17.7 Å². The first-order valence-electron chi connectivity index (χ1n) is 10.4. The van der Waals surface area contributed by atoms with Crippen molar-refractivity contribution >= 4 is 27.6 Å². The molecule has 0 bridgehead atoms. The molecule has 2 saturated heterocycles. The summed E-state index contributed by atoms with van der Waals surface area (Å²) in [4.78, 5) is 15.8. The van der Waals surface area contributed by atoms with Crippen LogP contribution in [0.2, 0.25) is 0 Å². The summed E-state index contributed by atoms with van der Waals surface area (Å²) >= 11 is 0. The van der Waals surface area contributed by atoms with Crippen LogP contribution in [0.1, 0.15) is 12.0 Å². The summed E-state index contributed by atoms with van der Waals surface area (Å²) in [5.74, 6) is -0.441. The molecule has 3 aliphatic rings. The highest BCUT2D eigenvalue weighted by Gasteiger charge is 2.66. The van der Waals surface area contributed by atoms with Crippen LogP contribution < -0.4 is 9.80 Å². The highest BCUT2D eigenvalue weighted by molar-refractivity contribution is 7.86. The van der Waals surface area contributed by atoms with Crippen LogP contribution in [0.15, 0.2) is 47.4 Å². The van der Waals surface area contributed by atoms with Gasteiger partial charge in [0, 0.05) is 19.5 Å². The summed E-state index contributed by atoms with van der Waals surface area (Å²) in [6, 6.07) is 10.9. The first-order valence-corrected chi connectivity index (χ1v) is 11.8. The molecular formula is C22H23FN2O6S. The molecule has 10 heteroatoms. The van der Waals surface area contributed by atoms with Gasteiger partial charge in [0.1, 0.15) is 11.9 Å². The second-order valence-corrected chi connectivity index (χ2v) is 9.88. The van der Waals surface area contributed by atoms with E-state index in [-0.39, 0.29) is 17.9 Å². The average molecular weight is 462 g/mol. The van der Waals surface area contributed by atoms with E-state index >= 15 is 0 Å². The van der Waals surface area contributed by atoms with Crippen LogP contribution in [0.5, 0.6) is 0 Å². The number of nitrogens with zero attached hydrogens (tertiary/aromatic N) is 2. The van der Waals surface area contributed by atoms with E-state index in [0.717, 1.165) is 5.56 Å². The van der Waals surface area contributed by atoms with Crippen LogP contribution in [-0.2, 0) is 23.8 Å². The van der Waals surface area contributed by atoms with Gasteiger partial charge in [-0.3, -0.25) is 9.08 Å². The average Bonchev–Trinajstić information content (AvgIpc) is 3.29. The van der Waals surface area contributed by atoms with Gasteiger partial charge in [0.05, 0.1) is 36.0 Å². The highest BCUT2D eigenvalue weighted by atomic mass is 32.2. The first-order chi connectivity index (χ1) is 15.3. The Hall–Kier alpha value is -2.69. The molecule has 0 radical (unpaired) electrons. The molecule has 1 aliphatic carbocycles. The van der Waals surface area contributed by atoms with Crippen molar-refractivity contribution in [3.63, 3.8) is 0 Å². The smallest absolute Gasteiger partial charge is 0.415 e. The molecule has 0 aromatic heterocycles. The Balaban J connectivity index is 1.29. The van der Waals surface area contributed by atoms with Crippen molar-refractivity contribution in [3.8, 4) is 0 Å². The fourth-order valence-electron chi connectivity index (χ4n) is 4.08. The second-order valence-electron chi connectivity index (χ2n) is 8.31. The van der Waals surface area contributed by atoms with Crippen LogP contribution in [0, 0.1) is 12.7 Å². The van der Waals surface area contributed by atoms with Gasteiger partial charge in [-0.05, 0) is 37.3 Å². The minimum absolute atomic E-state index is 0.0482. The Morgan fingerprint density at radius 2 is 1.84 bits per heavy atom. The zero-order valence-corrected chi connectivity index (χ0v) is 18.3. The van der Waals surface area contributed by atoms with Crippen molar-refractivity contribution in [2.24, 2.45) is 0 Å². The molecule has 170 valence electrons. The molecule has 1 saturated carbocycles. The summed E-state index contributed by atoms with van der Waals surface area (Å²) < 4.78 is 56.0. The molecule has 1 unspecified atom stereocenters. The van der Waals surface area contributed by atoms with E-state index in [2.05, 4.69) is 0 Å². The summed E-state index contributed by atoms with van der Waals surface area (Å²) in [5, 5.41) is 0. The van der Waals surface area contributed by atoms with Crippen molar-refractivity contribution in [2.75, 3.05) is 42.6 Å². The molecule has 2 atom stereocenters. The quantitative estimate of drug-likeness (QED) is 0.632. The molecule has 2 heterocycles. The molecule has 3 fully saturated rings. The molecule has 2 aromatic rings. The van der Waals surface area contributed by atoms with Crippen molar-refractivity contribution < 1.29 is 31.3 Å². The SMILES string of the molecule is Cc1ccc(S(=O)(=O)O[C@H]2CC23CN(c2ccc(N4CCOCC4)c(F)c2)C(=O)O3)cc1. The van der Waals surface area contributed by atoms with E-state index in [0.29, 0.717) is 37.7 Å². The molecule has 32 heavy (non-hydrogen) atoms. The maximum Gasteiger partial charge on any atom is 0.415 e. The van der Waals surface area contributed by atoms with Gasteiger partial charge in [-0.2, -0.15) is 8.42 Å². The van der Waals surface area contributed by atoms with E-state index in [9.17, 15) is 17.6 Å². The van der Waals surface area contributed by atoms with Crippen molar-refractivity contribution in [3.05, 3.63) is 53.8 Å². The Kier molecular flexibility index (Phi) is 5.11. The number of morpholine rings is 1. The fraction of sp³-hybridized carbons (Fsp3) is 0.409. The lowest BCUT2D eigenvalue weighted by molar-refractivity contribution is 0.0984. The van der Waals surface area contributed by atoms with Crippen molar-refractivity contribution in [1.82, 2.24) is 0 Å². The summed E-state index contributed by atoms with van der Waals surface area (Å²) in [6.07, 6.45) is -1.17. The van der Waals surface area contributed by atoms with Gasteiger partial charge in [0.2, 0.25) is 0 Å². The van der Waals surface area contributed by atoms with Crippen molar-refractivity contribution in [2.45, 2.75) is 29.9 Å². The summed E-state index contributed by atoms with van der Waals surface area (Å²) in [7, 11) is -3.99. The number of benzene rings is 2. The highest BCUT2D eigenvalue weighted by Crippen LogP contribution is 2.49. The number of ether oxygens (including phenoxy) is 2. The number of hydrogen-bond acceptors (Lipinski definition) is 7. The van der Waals surface area contributed by atoms with Crippen molar-refractivity contribution in [1.29, 1.82) is 0 Å². The van der Waals surface area contributed by atoms with Crippen LogP contribution in [0.25, 0.3) is 0 Å². The van der Waals surface area contributed by atoms with Crippen LogP contribution in [0.4, 0.5) is 20.6 Å². The number of aryl methyl sites for hydroxylation is 1. The molecule has 1 spiro atoms. The number of carbonyl (C=O) groups is 1. The lowest BCUT2D eigenvalue weighted by atomic mass is 10.2. The minimum Gasteiger partial charge on any atom is -0.438 e. The number of carbonyl (C=O) groups excluding carboxylic acids is 1. The van der Waals surface area contributed by atoms with E-state index in [4.69, 9.17) is 13.7 Å². The normalized spacial score (nSPS) is 25.3. The largest absolute Gasteiger partial charge is 0.438 e. The van der Waals surface area contributed by atoms with E-state index in [1.165, 1.54) is 23.1 Å². The maximum atomic E-state index is 14.8. The molecule has 5 rings (SSSR count). The topological polar surface area (TPSA) is 85.4 Å². The number of hydrogen-bond donors (Lipinski definition) is 0. The van der Waals surface area contributed by atoms with Gasteiger partial charge in [-0.25, -0.2) is 9.18 Å². The predicted octanol–water partition coefficient (Wildman–Crippen LogP) is 2.84. The Morgan fingerprint density at radius 1 is 1.12 bits per heavy atom. The summed E-state index contributed by atoms with van der Waals surface area (Å²) in [5.41, 5.74) is 0.692. The molecule has 2 aliphatic heterocycles. The molecule has 8 nitrogen and oxygen atoms in total. The minimum atomic E-state index is -3.99. The third-order valence-electron chi connectivity index (χ3n) is 6.04. The standard InChI is InChI=1S/C22H23FN2O6S/c1-15-2-5-17(6-3-15)32(27,28)31-20-13-22(20)14-25(21(26)30-22)16-4-7-19(18(23)12-16)24-8-10-29-11-9-24/h2-7,12,20H,8-11,13-14H2,1H3/t20-,22?/m0/s1. The lowest BCUT2D eigenvalue weighted by Gasteiger charge is -2.29. The number of anilines is 2. The maximum absolute atomic E-state index is 14.8. The number of halogens is 1. The predicted molar refractivity (Wildman–Crippen MR) is 114 cm³/mol. The Morgan fingerprint density at radius 3 is 2.53 bits per heavy atom. The van der Waals surface area contributed by atoms with Gasteiger partial charge in [0.15, 0.2) is 5.60 Å². The zero-order chi connectivity index (χ0) is 22.5.